The fraction of sp³-hybridized carbons (Fsp3) is 0.367. The second-order valence-electron chi connectivity index (χ2n) is 10.3. The summed E-state index contributed by atoms with van der Waals surface area (Å²) in [5.74, 6) is -3.13. The third-order valence-corrected chi connectivity index (χ3v) is 7.48. The van der Waals surface area contributed by atoms with Crippen LogP contribution in [0.25, 0.3) is 0 Å². The number of Topliss-reactive ketones (excluding diaryl/α,β-unsaturated/α-hetero) is 1. The van der Waals surface area contributed by atoms with E-state index in [1.54, 1.807) is 24.3 Å². The van der Waals surface area contributed by atoms with E-state index in [2.05, 4.69) is 15.9 Å². The van der Waals surface area contributed by atoms with Gasteiger partial charge in [0.15, 0.2) is 12.4 Å². The van der Waals surface area contributed by atoms with Gasteiger partial charge in [-0.2, -0.15) is 0 Å². The van der Waals surface area contributed by atoms with Crippen molar-refractivity contribution in [3.8, 4) is 5.75 Å². The van der Waals surface area contributed by atoms with Crippen LogP contribution in [0, 0.1) is 17.8 Å². The van der Waals surface area contributed by atoms with Crippen LogP contribution in [-0.2, 0) is 19.1 Å². The van der Waals surface area contributed by atoms with Crippen molar-refractivity contribution in [2.45, 2.75) is 46.1 Å². The molecule has 204 valence electrons. The molecule has 3 atom stereocenters. The molecule has 0 saturated carbocycles. The molecule has 1 saturated heterocycles. The number of hydrogen-bond acceptors (Lipinski definition) is 7. The fourth-order valence-corrected chi connectivity index (χ4v) is 5.17. The standard InChI is InChI=1S/C30H30BrNO7/c1-17(2)14-25(32-27(34)23-13-4-18(3)15-24(23)28(32)35)30(37)38-16-26(33)19-7-11-22(12-8-19)39-29(36)20-5-9-21(31)10-6-20/h4-12,17,23-25H,13-16H2,1-3H3. The number of imide groups is 1. The molecule has 0 bridgehead atoms. The summed E-state index contributed by atoms with van der Waals surface area (Å²) in [6, 6.07) is 11.5. The van der Waals surface area contributed by atoms with Crippen LogP contribution in [0.4, 0.5) is 0 Å². The van der Waals surface area contributed by atoms with E-state index >= 15 is 0 Å². The number of amides is 2. The smallest absolute Gasteiger partial charge is 0.343 e. The zero-order valence-electron chi connectivity index (χ0n) is 22.0. The van der Waals surface area contributed by atoms with E-state index in [0.717, 1.165) is 14.9 Å². The van der Waals surface area contributed by atoms with Crippen molar-refractivity contribution in [3.05, 3.63) is 75.8 Å². The minimum absolute atomic E-state index is 0.00834. The topological polar surface area (TPSA) is 107 Å². The Morgan fingerprint density at radius 1 is 0.949 bits per heavy atom. The van der Waals surface area contributed by atoms with Crippen molar-refractivity contribution in [2.75, 3.05) is 6.61 Å². The Balaban J connectivity index is 1.37. The highest BCUT2D eigenvalue weighted by Gasteiger charge is 2.52. The van der Waals surface area contributed by atoms with Gasteiger partial charge >= 0.3 is 11.9 Å². The molecule has 8 nitrogen and oxygen atoms in total. The lowest BCUT2D eigenvalue weighted by Crippen LogP contribution is -2.47. The normalized spacial score (nSPS) is 19.4. The van der Waals surface area contributed by atoms with Gasteiger partial charge < -0.3 is 9.47 Å². The summed E-state index contributed by atoms with van der Waals surface area (Å²) in [4.78, 5) is 65.5. The zero-order chi connectivity index (χ0) is 28.3. The van der Waals surface area contributed by atoms with Crippen LogP contribution in [0.15, 0.2) is 64.7 Å². The van der Waals surface area contributed by atoms with E-state index in [4.69, 9.17) is 9.47 Å². The number of fused-ring (bicyclic) bond motifs is 1. The summed E-state index contributed by atoms with van der Waals surface area (Å²) in [5, 5.41) is 0. The monoisotopic (exact) mass is 595 g/mol. The SMILES string of the molecule is CC1=CCC2C(=O)N(C(CC(C)C)C(=O)OCC(=O)c3ccc(OC(=O)c4ccc(Br)cc4)cc3)C(=O)C2C1. The van der Waals surface area contributed by atoms with Crippen LogP contribution in [0.1, 0.15) is 60.7 Å². The van der Waals surface area contributed by atoms with Gasteiger partial charge in [-0.25, -0.2) is 9.59 Å². The molecule has 39 heavy (non-hydrogen) atoms. The highest BCUT2D eigenvalue weighted by atomic mass is 79.9. The molecule has 2 aromatic rings. The number of halogens is 1. The van der Waals surface area contributed by atoms with Crippen LogP contribution in [0.2, 0.25) is 0 Å². The average Bonchev–Trinajstić information content (AvgIpc) is 3.15. The van der Waals surface area contributed by atoms with Gasteiger partial charge in [0.25, 0.3) is 0 Å². The van der Waals surface area contributed by atoms with E-state index in [-0.39, 0.29) is 35.5 Å². The van der Waals surface area contributed by atoms with E-state index in [1.807, 2.05) is 26.8 Å². The molecular weight excluding hydrogens is 566 g/mol. The molecule has 3 unspecified atom stereocenters. The van der Waals surface area contributed by atoms with Crippen LogP contribution < -0.4 is 4.74 Å². The molecule has 2 aliphatic rings. The third kappa shape index (κ3) is 6.53. The Hall–Kier alpha value is -3.59. The van der Waals surface area contributed by atoms with Gasteiger partial charge in [0, 0.05) is 10.0 Å². The second kappa shape index (κ2) is 12.1. The molecule has 4 rings (SSSR count). The molecule has 2 aromatic carbocycles. The summed E-state index contributed by atoms with van der Waals surface area (Å²) >= 11 is 3.31. The lowest BCUT2D eigenvalue weighted by molar-refractivity contribution is -0.158. The predicted octanol–water partition coefficient (Wildman–Crippen LogP) is 5.15. The van der Waals surface area contributed by atoms with E-state index in [9.17, 15) is 24.0 Å². The minimum Gasteiger partial charge on any atom is -0.456 e. The van der Waals surface area contributed by atoms with Gasteiger partial charge in [0.1, 0.15) is 11.8 Å². The first-order valence-corrected chi connectivity index (χ1v) is 13.6. The number of rotatable bonds is 9. The predicted molar refractivity (Wildman–Crippen MR) is 146 cm³/mol. The molecule has 1 aliphatic heterocycles. The van der Waals surface area contributed by atoms with Gasteiger partial charge in [-0.3, -0.25) is 19.3 Å². The van der Waals surface area contributed by atoms with Crippen LogP contribution in [-0.4, -0.2) is 47.1 Å². The largest absolute Gasteiger partial charge is 0.456 e. The molecular formula is C30H30BrNO7. The number of hydrogen-bond donors (Lipinski definition) is 0. The summed E-state index contributed by atoms with van der Waals surface area (Å²) in [5.41, 5.74) is 1.69. The average molecular weight is 596 g/mol. The molecule has 0 aromatic heterocycles. The van der Waals surface area contributed by atoms with Crippen molar-refractivity contribution < 1.29 is 33.4 Å². The third-order valence-electron chi connectivity index (χ3n) is 6.95. The lowest BCUT2D eigenvalue weighted by atomic mass is 9.82. The Labute approximate surface area is 235 Å². The molecule has 2 amide bonds. The van der Waals surface area contributed by atoms with Gasteiger partial charge in [0.2, 0.25) is 11.8 Å². The van der Waals surface area contributed by atoms with Gasteiger partial charge in [-0.1, -0.05) is 41.4 Å². The number of ether oxygens (including phenoxy) is 2. The summed E-state index contributed by atoms with van der Waals surface area (Å²) < 4.78 is 11.5. The van der Waals surface area contributed by atoms with Crippen molar-refractivity contribution in [1.82, 2.24) is 4.90 Å². The maximum absolute atomic E-state index is 13.2. The number of esters is 2. The van der Waals surface area contributed by atoms with Gasteiger partial charge in [-0.15, -0.1) is 0 Å². The molecule has 1 aliphatic carbocycles. The first-order valence-electron chi connectivity index (χ1n) is 12.8. The Morgan fingerprint density at radius 3 is 2.21 bits per heavy atom. The summed E-state index contributed by atoms with van der Waals surface area (Å²) in [6.45, 7) is 5.16. The molecule has 0 radical (unpaired) electrons. The van der Waals surface area contributed by atoms with Crippen molar-refractivity contribution in [2.24, 2.45) is 17.8 Å². The molecule has 9 heteroatoms. The number of allylic oxidation sites excluding steroid dienone is 2. The number of benzene rings is 2. The quantitative estimate of drug-likeness (QED) is 0.130. The number of carbonyl (C=O) groups is 5. The first-order chi connectivity index (χ1) is 18.5. The Morgan fingerprint density at radius 2 is 1.56 bits per heavy atom. The minimum atomic E-state index is -1.08. The number of nitrogens with zero attached hydrogens (tertiary/aromatic N) is 1. The van der Waals surface area contributed by atoms with Crippen molar-refractivity contribution in [3.63, 3.8) is 0 Å². The lowest BCUT2D eigenvalue weighted by Gasteiger charge is -2.26. The van der Waals surface area contributed by atoms with Crippen LogP contribution >= 0.6 is 15.9 Å². The van der Waals surface area contributed by atoms with Crippen LogP contribution in [0.5, 0.6) is 5.75 Å². The van der Waals surface area contributed by atoms with Gasteiger partial charge in [-0.05, 0) is 80.6 Å². The highest BCUT2D eigenvalue weighted by Crippen LogP contribution is 2.39. The van der Waals surface area contributed by atoms with Crippen LogP contribution in [0.3, 0.4) is 0 Å². The molecule has 1 heterocycles. The zero-order valence-corrected chi connectivity index (χ0v) is 23.6. The Kier molecular flexibility index (Phi) is 8.80. The summed E-state index contributed by atoms with van der Waals surface area (Å²) in [6.07, 6.45) is 3.20. The summed E-state index contributed by atoms with van der Waals surface area (Å²) in [7, 11) is 0. The first kappa shape index (κ1) is 28.4. The maximum atomic E-state index is 13.2. The van der Waals surface area contributed by atoms with Crippen molar-refractivity contribution >= 4 is 45.5 Å². The second-order valence-corrected chi connectivity index (χ2v) is 11.3. The fourth-order valence-electron chi connectivity index (χ4n) is 4.90. The molecule has 0 N–H and O–H groups in total. The van der Waals surface area contributed by atoms with E-state index in [0.29, 0.717) is 18.4 Å². The van der Waals surface area contributed by atoms with E-state index in [1.165, 1.54) is 24.3 Å². The molecule has 1 fully saturated rings. The van der Waals surface area contributed by atoms with Gasteiger partial charge in [0.05, 0.1) is 17.4 Å². The van der Waals surface area contributed by atoms with E-state index < -0.39 is 42.2 Å². The Bertz CT molecular complexity index is 1310. The number of ketones is 1. The van der Waals surface area contributed by atoms with Crippen molar-refractivity contribution in [1.29, 1.82) is 0 Å². The highest BCUT2D eigenvalue weighted by molar-refractivity contribution is 9.10. The maximum Gasteiger partial charge on any atom is 0.343 e. The molecule has 0 spiro atoms. The number of carbonyl (C=O) groups excluding carboxylic acids is 5. The number of likely N-dealkylation sites (tertiary alicyclic amines) is 1.